The molecular formula is C20H24N4O5. The van der Waals surface area contributed by atoms with Crippen LogP contribution in [0.1, 0.15) is 20.1 Å². The Morgan fingerprint density at radius 2 is 1.90 bits per heavy atom. The van der Waals surface area contributed by atoms with Crippen molar-refractivity contribution in [2.45, 2.75) is 44.5 Å². The van der Waals surface area contributed by atoms with Crippen LogP contribution >= 0.6 is 0 Å². The van der Waals surface area contributed by atoms with Crippen LogP contribution in [0.5, 0.6) is 5.75 Å². The third-order valence-electron chi connectivity index (χ3n) is 4.97. The number of anilines is 1. The molecule has 0 aliphatic carbocycles. The van der Waals surface area contributed by atoms with Crippen LogP contribution in [0.15, 0.2) is 36.8 Å². The smallest absolute Gasteiger partial charge is 0.164 e. The maximum Gasteiger partial charge on any atom is 0.164 e. The van der Waals surface area contributed by atoms with Gasteiger partial charge in [-0.3, -0.25) is 0 Å². The zero-order valence-corrected chi connectivity index (χ0v) is 16.1. The lowest BCUT2D eigenvalue weighted by molar-refractivity contribution is -0.0508. The Kier molecular flexibility index (Phi) is 5.13. The van der Waals surface area contributed by atoms with Gasteiger partial charge in [0.25, 0.3) is 0 Å². The average molecular weight is 400 g/mol. The largest absolute Gasteiger partial charge is 0.491 e. The van der Waals surface area contributed by atoms with Gasteiger partial charge in [-0.2, -0.15) is 0 Å². The van der Waals surface area contributed by atoms with E-state index in [-0.39, 0.29) is 11.9 Å². The number of fused-ring (bicyclic) bond motifs is 1. The third kappa shape index (κ3) is 3.42. The zero-order valence-electron chi connectivity index (χ0n) is 16.1. The molecule has 1 saturated heterocycles. The number of aromatic nitrogens is 3. The number of aliphatic hydroxyl groups excluding tert-OH is 3. The lowest BCUT2D eigenvalue weighted by Crippen LogP contribution is -2.33. The van der Waals surface area contributed by atoms with Crippen LogP contribution in [0.4, 0.5) is 5.82 Å². The molecule has 0 bridgehead atoms. The Bertz CT molecular complexity index is 1000. The van der Waals surface area contributed by atoms with Crippen LogP contribution in [-0.2, 0) is 4.74 Å². The maximum absolute atomic E-state index is 10.4. The average Bonchev–Trinajstić information content (AvgIpc) is 3.21. The van der Waals surface area contributed by atoms with Crippen LogP contribution in [-0.4, -0.2) is 60.9 Å². The molecule has 4 atom stereocenters. The van der Waals surface area contributed by atoms with E-state index in [1.54, 1.807) is 10.8 Å². The Balaban J connectivity index is 1.80. The number of nitrogen functional groups attached to an aromatic ring is 1. The minimum absolute atomic E-state index is 0.0682. The van der Waals surface area contributed by atoms with Crippen molar-refractivity contribution in [3.05, 3.63) is 36.8 Å². The molecule has 3 heterocycles. The van der Waals surface area contributed by atoms with Gasteiger partial charge in [0.1, 0.15) is 41.9 Å². The molecule has 154 valence electrons. The first kappa shape index (κ1) is 19.6. The SMILES string of the molecule is CC(C)Oc1ccc(-c2cn([C@@H]3O[C@H](CO)[C@@H](O)[C@H]3O)c3ncnc(N)c23)cc1. The van der Waals surface area contributed by atoms with Gasteiger partial charge in [-0.05, 0) is 31.5 Å². The Labute approximate surface area is 167 Å². The van der Waals surface area contributed by atoms with Crippen LogP contribution in [0.25, 0.3) is 22.2 Å². The molecule has 4 rings (SSSR count). The second-order valence-electron chi connectivity index (χ2n) is 7.33. The van der Waals surface area contributed by atoms with Crippen molar-refractivity contribution in [2.75, 3.05) is 12.3 Å². The standard InChI is InChI=1S/C20H24N4O5/c1-10(2)28-12-5-3-11(4-6-12)13-7-24(19-15(13)18(21)22-9-23-19)20-17(27)16(26)14(8-25)29-20/h3-7,9-10,14,16-17,20,25-27H,8H2,1-2H3,(H2,21,22,23)/t14-,16-,17-,20-/m1/s1. The molecule has 1 aliphatic heterocycles. The highest BCUT2D eigenvalue weighted by atomic mass is 16.6. The van der Waals surface area contributed by atoms with Gasteiger partial charge >= 0.3 is 0 Å². The van der Waals surface area contributed by atoms with E-state index in [0.29, 0.717) is 11.0 Å². The second kappa shape index (κ2) is 7.60. The Morgan fingerprint density at radius 3 is 2.52 bits per heavy atom. The molecule has 0 radical (unpaired) electrons. The summed E-state index contributed by atoms with van der Waals surface area (Å²) in [4.78, 5) is 8.40. The maximum atomic E-state index is 10.4. The number of nitrogens with zero attached hydrogens (tertiary/aromatic N) is 3. The minimum Gasteiger partial charge on any atom is -0.491 e. The summed E-state index contributed by atoms with van der Waals surface area (Å²) in [5, 5.41) is 30.6. The van der Waals surface area contributed by atoms with Gasteiger partial charge in [-0.1, -0.05) is 12.1 Å². The molecule has 1 aromatic carbocycles. The molecule has 29 heavy (non-hydrogen) atoms. The first-order chi connectivity index (χ1) is 13.9. The normalized spacial score (nSPS) is 24.5. The van der Waals surface area contributed by atoms with E-state index in [1.165, 1.54) is 6.33 Å². The monoisotopic (exact) mass is 400 g/mol. The summed E-state index contributed by atoms with van der Waals surface area (Å²) >= 11 is 0. The highest BCUT2D eigenvalue weighted by molar-refractivity contribution is 6.00. The van der Waals surface area contributed by atoms with Gasteiger partial charge in [-0.25, -0.2) is 9.97 Å². The molecule has 1 aliphatic rings. The zero-order chi connectivity index (χ0) is 20.7. The Hall–Kier alpha value is -2.72. The van der Waals surface area contributed by atoms with Crippen molar-refractivity contribution < 1.29 is 24.8 Å². The number of ether oxygens (including phenoxy) is 2. The van der Waals surface area contributed by atoms with E-state index in [0.717, 1.165) is 16.9 Å². The summed E-state index contributed by atoms with van der Waals surface area (Å²) in [6, 6.07) is 7.54. The van der Waals surface area contributed by atoms with Crippen molar-refractivity contribution in [1.82, 2.24) is 14.5 Å². The molecule has 0 saturated carbocycles. The third-order valence-corrected chi connectivity index (χ3v) is 4.97. The van der Waals surface area contributed by atoms with Gasteiger partial charge in [0.15, 0.2) is 6.23 Å². The van der Waals surface area contributed by atoms with Crippen LogP contribution < -0.4 is 10.5 Å². The van der Waals surface area contributed by atoms with E-state index < -0.39 is 31.1 Å². The predicted octanol–water partition coefficient (Wildman–Crippen LogP) is 1.08. The van der Waals surface area contributed by atoms with E-state index >= 15 is 0 Å². The second-order valence-corrected chi connectivity index (χ2v) is 7.33. The minimum atomic E-state index is -1.23. The molecule has 3 aromatic rings. The van der Waals surface area contributed by atoms with Crippen LogP contribution in [0.2, 0.25) is 0 Å². The highest BCUT2D eigenvalue weighted by Crippen LogP contribution is 2.38. The number of nitrogens with two attached hydrogens (primary N) is 1. The van der Waals surface area contributed by atoms with Gasteiger partial charge in [-0.15, -0.1) is 0 Å². The molecule has 9 heteroatoms. The van der Waals surface area contributed by atoms with E-state index in [9.17, 15) is 15.3 Å². The fourth-order valence-electron chi connectivity index (χ4n) is 3.62. The summed E-state index contributed by atoms with van der Waals surface area (Å²) < 4.78 is 13.0. The van der Waals surface area contributed by atoms with Gasteiger partial charge in [0, 0.05) is 11.8 Å². The van der Waals surface area contributed by atoms with Crippen molar-refractivity contribution in [1.29, 1.82) is 0 Å². The quantitative estimate of drug-likeness (QED) is 0.499. The first-order valence-corrected chi connectivity index (χ1v) is 9.41. The van der Waals surface area contributed by atoms with E-state index in [1.807, 2.05) is 38.1 Å². The summed E-state index contributed by atoms with van der Waals surface area (Å²) in [7, 11) is 0. The first-order valence-electron chi connectivity index (χ1n) is 9.41. The lowest BCUT2D eigenvalue weighted by atomic mass is 10.1. The van der Waals surface area contributed by atoms with E-state index in [4.69, 9.17) is 15.2 Å². The molecule has 1 fully saturated rings. The summed E-state index contributed by atoms with van der Waals surface area (Å²) in [6.45, 7) is 3.51. The molecule has 0 amide bonds. The van der Waals surface area contributed by atoms with E-state index in [2.05, 4.69) is 9.97 Å². The number of aliphatic hydroxyl groups is 3. The summed E-state index contributed by atoms with van der Waals surface area (Å²) in [5.74, 6) is 1.04. The molecular weight excluding hydrogens is 376 g/mol. The van der Waals surface area contributed by atoms with Crippen molar-refractivity contribution in [2.24, 2.45) is 0 Å². The highest BCUT2D eigenvalue weighted by Gasteiger charge is 2.44. The molecule has 2 aromatic heterocycles. The Morgan fingerprint density at radius 1 is 1.17 bits per heavy atom. The van der Waals surface area contributed by atoms with Crippen molar-refractivity contribution in [3.8, 4) is 16.9 Å². The number of rotatable bonds is 5. The predicted molar refractivity (Wildman–Crippen MR) is 106 cm³/mol. The van der Waals surface area contributed by atoms with Crippen LogP contribution in [0.3, 0.4) is 0 Å². The molecule has 0 unspecified atom stereocenters. The van der Waals surface area contributed by atoms with Crippen molar-refractivity contribution in [3.63, 3.8) is 0 Å². The molecule has 9 nitrogen and oxygen atoms in total. The van der Waals surface area contributed by atoms with Gasteiger partial charge in [0.05, 0.1) is 18.1 Å². The fourth-order valence-corrected chi connectivity index (χ4v) is 3.62. The van der Waals surface area contributed by atoms with Gasteiger partial charge < -0.3 is 35.1 Å². The molecule has 0 spiro atoms. The summed E-state index contributed by atoms with van der Waals surface area (Å²) in [5.41, 5.74) is 8.21. The van der Waals surface area contributed by atoms with Gasteiger partial charge in [0.2, 0.25) is 0 Å². The number of hydrogen-bond donors (Lipinski definition) is 4. The van der Waals surface area contributed by atoms with Crippen molar-refractivity contribution >= 4 is 16.9 Å². The lowest BCUT2D eigenvalue weighted by Gasteiger charge is -2.17. The molecule has 5 N–H and O–H groups in total. The van der Waals surface area contributed by atoms with Crippen LogP contribution in [0, 0.1) is 0 Å². The number of hydrogen-bond acceptors (Lipinski definition) is 8. The summed E-state index contributed by atoms with van der Waals surface area (Å²) in [6.07, 6.45) is -1.09. The topological polar surface area (TPSA) is 136 Å². The number of benzene rings is 1. The fraction of sp³-hybridized carbons (Fsp3) is 0.400.